The normalized spacial score (nSPS) is 10.2. The summed E-state index contributed by atoms with van der Waals surface area (Å²) in [5.74, 6) is 0.586. The molecule has 1 aromatic heterocycles. The van der Waals surface area contributed by atoms with Crippen LogP contribution in [0.2, 0.25) is 0 Å². The third-order valence-corrected chi connectivity index (χ3v) is 3.20. The predicted molar refractivity (Wildman–Crippen MR) is 68.4 cm³/mol. The molecule has 0 aliphatic rings. The van der Waals surface area contributed by atoms with Gasteiger partial charge in [0.05, 0.1) is 25.7 Å². The Morgan fingerprint density at radius 1 is 1.32 bits per heavy atom. The van der Waals surface area contributed by atoms with E-state index < -0.39 is 0 Å². The molecule has 0 saturated carbocycles. The smallest absolute Gasteiger partial charge is 0.316 e. The molecule has 0 radical (unpaired) electrons. The molecule has 0 amide bonds. The van der Waals surface area contributed by atoms with Gasteiger partial charge in [-0.2, -0.15) is 4.68 Å². The first-order valence-corrected chi connectivity index (χ1v) is 6.35. The van der Waals surface area contributed by atoms with Crippen molar-refractivity contribution in [2.75, 3.05) is 20.0 Å². The zero-order chi connectivity index (χ0) is 13.7. The molecule has 2 aromatic rings. The first kappa shape index (κ1) is 13.3. The number of tetrazole rings is 1. The molecule has 0 aliphatic heterocycles. The van der Waals surface area contributed by atoms with Gasteiger partial charge >= 0.3 is 5.97 Å². The molecule has 1 aromatic carbocycles. The average Bonchev–Trinajstić information content (AvgIpc) is 2.93. The summed E-state index contributed by atoms with van der Waals surface area (Å²) in [6.07, 6.45) is 0. The Labute approximate surface area is 113 Å². The first-order valence-electron chi connectivity index (χ1n) is 5.37. The van der Waals surface area contributed by atoms with Gasteiger partial charge in [0.25, 0.3) is 0 Å². The average molecular weight is 280 g/mol. The van der Waals surface area contributed by atoms with Crippen LogP contribution >= 0.6 is 11.8 Å². The van der Waals surface area contributed by atoms with E-state index in [1.807, 2.05) is 24.3 Å². The molecule has 0 atom stereocenters. The van der Waals surface area contributed by atoms with Gasteiger partial charge in [0.2, 0.25) is 5.16 Å². The highest BCUT2D eigenvalue weighted by molar-refractivity contribution is 7.99. The summed E-state index contributed by atoms with van der Waals surface area (Å²) in [6.45, 7) is 0. The van der Waals surface area contributed by atoms with Crippen LogP contribution in [-0.4, -0.2) is 46.1 Å². The number of carbonyl (C=O) groups is 1. The van der Waals surface area contributed by atoms with Gasteiger partial charge in [0.1, 0.15) is 5.75 Å². The fraction of sp³-hybridized carbons (Fsp3) is 0.273. The Kier molecular flexibility index (Phi) is 4.35. The zero-order valence-corrected chi connectivity index (χ0v) is 11.3. The summed E-state index contributed by atoms with van der Waals surface area (Å²) in [7, 11) is 2.94. The number of hydrogen-bond acceptors (Lipinski definition) is 7. The lowest BCUT2D eigenvalue weighted by atomic mass is 10.3. The lowest BCUT2D eigenvalue weighted by Gasteiger charge is -2.05. The SMILES string of the molecule is COC(=O)CSc1nnnn1-c1ccc(OC)cc1. The van der Waals surface area contributed by atoms with Crippen molar-refractivity contribution in [2.24, 2.45) is 0 Å². The molecule has 2 rings (SSSR count). The molecule has 0 fully saturated rings. The molecule has 19 heavy (non-hydrogen) atoms. The molecule has 1 heterocycles. The second-order valence-corrected chi connectivity index (χ2v) is 4.38. The quantitative estimate of drug-likeness (QED) is 0.595. The van der Waals surface area contributed by atoms with Crippen molar-refractivity contribution in [1.82, 2.24) is 20.2 Å². The molecule has 0 unspecified atom stereocenters. The van der Waals surface area contributed by atoms with E-state index in [0.29, 0.717) is 5.16 Å². The summed E-state index contributed by atoms with van der Waals surface area (Å²) in [4.78, 5) is 11.1. The largest absolute Gasteiger partial charge is 0.497 e. The molecule has 8 heteroatoms. The van der Waals surface area contributed by atoms with Crippen LogP contribution in [0.3, 0.4) is 0 Å². The summed E-state index contributed by atoms with van der Waals surface area (Å²) in [5, 5.41) is 11.9. The fourth-order valence-corrected chi connectivity index (χ4v) is 2.06. The van der Waals surface area contributed by atoms with Crippen LogP contribution in [0.25, 0.3) is 5.69 Å². The molecular formula is C11H12N4O3S. The number of carbonyl (C=O) groups excluding carboxylic acids is 1. The number of aromatic nitrogens is 4. The molecule has 0 N–H and O–H groups in total. The van der Waals surface area contributed by atoms with Gasteiger partial charge in [0, 0.05) is 0 Å². The molecular weight excluding hydrogens is 268 g/mol. The van der Waals surface area contributed by atoms with E-state index in [0.717, 1.165) is 11.4 Å². The van der Waals surface area contributed by atoms with E-state index in [1.165, 1.54) is 18.9 Å². The number of thioether (sulfide) groups is 1. The Balaban J connectivity index is 2.15. The van der Waals surface area contributed by atoms with Gasteiger partial charge in [0.15, 0.2) is 0 Å². The number of esters is 1. The van der Waals surface area contributed by atoms with E-state index in [-0.39, 0.29) is 11.7 Å². The van der Waals surface area contributed by atoms with Gasteiger partial charge in [-0.05, 0) is 34.7 Å². The summed E-state index contributed by atoms with van der Waals surface area (Å²) in [5.41, 5.74) is 0.790. The standard InChI is InChI=1S/C11H12N4O3S/c1-17-9-5-3-8(4-6-9)15-11(12-13-14-15)19-7-10(16)18-2/h3-6H,7H2,1-2H3. The number of hydrogen-bond donors (Lipinski definition) is 0. The van der Waals surface area contributed by atoms with Gasteiger partial charge in [-0.25, -0.2) is 0 Å². The van der Waals surface area contributed by atoms with Gasteiger partial charge in [-0.15, -0.1) is 5.10 Å². The van der Waals surface area contributed by atoms with Gasteiger partial charge in [-0.1, -0.05) is 11.8 Å². The minimum atomic E-state index is -0.325. The van der Waals surface area contributed by atoms with Crippen molar-refractivity contribution in [3.63, 3.8) is 0 Å². The highest BCUT2D eigenvalue weighted by Gasteiger charge is 2.11. The Hall–Kier alpha value is -2.09. The van der Waals surface area contributed by atoms with Crippen LogP contribution in [0.4, 0.5) is 0 Å². The van der Waals surface area contributed by atoms with Crippen LogP contribution < -0.4 is 4.74 Å². The lowest BCUT2D eigenvalue weighted by Crippen LogP contribution is -2.05. The number of benzene rings is 1. The molecule has 0 spiro atoms. The van der Waals surface area contributed by atoms with Gasteiger partial charge in [-0.3, -0.25) is 4.79 Å². The summed E-state index contributed by atoms with van der Waals surface area (Å²) < 4.78 is 11.2. The Bertz CT molecular complexity index is 555. The Morgan fingerprint density at radius 3 is 2.68 bits per heavy atom. The molecule has 0 aliphatic carbocycles. The number of methoxy groups -OCH3 is 2. The van der Waals surface area contributed by atoms with Crippen molar-refractivity contribution in [3.8, 4) is 11.4 Å². The maximum absolute atomic E-state index is 11.1. The molecule has 0 bridgehead atoms. The van der Waals surface area contributed by atoms with Crippen LogP contribution in [0.15, 0.2) is 29.4 Å². The molecule has 7 nitrogen and oxygen atoms in total. The molecule has 100 valence electrons. The summed E-state index contributed by atoms with van der Waals surface area (Å²) >= 11 is 1.21. The molecule has 0 saturated heterocycles. The highest BCUT2D eigenvalue weighted by atomic mass is 32.2. The van der Waals surface area contributed by atoms with E-state index in [4.69, 9.17) is 4.74 Å². The van der Waals surface area contributed by atoms with Gasteiger partial charge < -0.3 is 9.47 Å². The maximum atomic E-state index is 11.1. The van der Waals surface area contributed by atoms with Crippen molar-refractivity contribution in [2.45, 2.75) is 5.16 Å². The van der Waals surface area contributed by atoms with E-state index in [9.17, 15) is 4.79 Å². The van der Waals surface area contributed by atoms with Crippen LogP contribution in [-0.2, 0) is 9.53 Å². The summed E-state index contributed by atoms with van der Waals surface area (Å²) in [6, 6.07) is 7.28. The highest BCUT2D eigenvalue weighted by Crippen LogP contribution is 2.20. The minimum absolute atomic E-state index is 0.160. The van der Waals surface area contributed by atoms with E-state index >= 15 is 0 Å². The Morgan fingerprint density at radius 2 is 2.05 bits per heavy atom. The first-order chi connectivity index (χ1) is 9.24. The third kappa shape index (κ3) is 3.22. The van der Waals surface area contributed by atoms with Crippen LogP contribution in [0, 0.1) is 0 Å². The predicted octanol–water partition coefficient (Wildman–Crippen LogP) is 0.936. The zero-order valence-electron chi connectivity index (χ0n) is 10.4. The lowest BCUT2D eigenvalue weighted by molar-refractivity contribution is -0.137. The fourth-order valence-electron chi connectivity index (χ4n) is 1.34. The van der Waals surface area contributed by atoms with Crippen LogP contribution in [0.1, 0.15) is 0 Å². The van der Waals surface area contributed by atoms with Crippen molar-refractivity contribution in [3.05, 3.63) is 24.3 Å². The number of rotatable bonds is 5. The van der Waals surface area contributed by atoms with Crippen molar-refractivity contribution >= 4 is 17.7 Å². The minimum Gasteiger partial charge on any atom is -0.497 e. The second-order valence-electron chi connectivity index (χ2n) is 3.44. The number of nitrogens with zero attached hydrogens (tertiary/aromatic N) is 4. The van der Waals surface area contributed by atoms with Crippen molar-refractivity contribution in [1.29, 1.82) is 0 Å². The topological polar surface area (TPSA) is 79.1 Å². The van der Waals surface area contributed by atoms with Crippen LogP contribution in [0.5, 0.6) is 5.75 Å². The van der Waals surface area contributed by atoms with Crippen molar-refractivity contribution < 1.29 is 14.3 Å². The maximum Gasteiger partial charge on any atom is 0.316 e. The number of ether oxygens (including phenoxy) is 2. The van der Waals surface area contributed by atoms with E-state index in [2.05, 4.69) is 20.3 Å². The van der Waals surface area contributed by atoms with E-state index in [1.54, 1.807) is 11.8 Å². The third-order valence-electron chi connectivity index (χ3n) is 2.30. The second kappa shape index (κ2) is 6.19. The monoisotopic (exact) mass is 280 g/mol.